The van der Waals surface area contributed by atoms with E-state index in [-0.39, 0.29) is 17.8 Å². The SMILES string of the molecule is CNCC(=O)Oc1ccc(/C=C2\SC(=O)NC2=O)cc1. The van der Waals surface area contributed by atoms with Crippen molar-refractivity contribution < 1.29 is 19.1 Å². The van der Waals surface area contributed by atoms with Crippen LogP contribution in [0.1, 0.15) is 5.56 Å². The van der Waals surface area contributed by atoms with Crippen LogP contribution in [0.25, 0.3) is 6.08 Å². The third-order valence-electron chi connectivity index (χ3n) is 2.37. The number of carbonyl (C=O) groups is 3. The molecule has 0 bridgehead atoms. The summed E-state index contributed by atoms with van der Waals surface area (Å²) in [5.41, 5.74) is 0.741. The van der Waals surface area contributed by atoms with Crippen LogP contribution >= 0.6 is 11.8 Å². The molecule has 0 spiro atoms. The highest BCUT2D eigenvalue weighted by molar-refractivity contribution is 8.18. The number of esters is 1. The molecule has 1 aliphatic heterocycles. The Hall–Kier alpha value is -2.12. The minimum absolute atomic E-state index is 0.130. The van der Waals surface area contributed by atoms with E-state index in [9.17, 15) is 14.4 Å². The fourth-order valence-electron chi connectivity index (χ4n) is 1.52. The average Bonchev–Trinajstić information content (AvgIpc) is 2.70. The maximum Gasteiger partial charge on any atom is 0.325 e. The molecule has 0 saturated carbocycles. The van der Waals surface area contributed by atoms with E-state index in [4.69, 9.17) is 4.74 Å². The molecule has 6 nitrogen and oxygen atoms in total. The first kappa shape index (κ1) is 14.3. The molecule has 0 radical (unpaired) electrons. The van der Waals surface area contributed by atoms with Crippen LogP contribution in [0.3, 0.4) is 0 Å². The number of likely N-dealkylation sites (N-methyl/N-ethyl adjacent to an activating group) is 1. The van der Waals surface area contributed by atoms with Crippen molar-refractivity contribution in [1.82, 2.24) is 10.6 Å². The summed E-state index contributed by atoms with van der Waals surface area (Å²) in [5, 5.41) is 4.50. The first-order valence-corrected chi connectivity index (χ1v) is 6.60. The molecule has 1 saturated heterocycles. The van der Waals surface area contributed by atoms with E-state index < -0.39 is 5.91 Å². The van der Waals surface area contributed by atoms with E-state index in [2.05, 4.69) is 10.6 Å². The molecule has 7 heteroatoms. The van der Waals surface area contributed by atoms with Gasteiger partial charge in [-0.05, 0) is 42.6 Å². The van der Waals surface area contributed by atoms with Crippen LogP contribution in [0, 0.1) is 0 Å². The van der Waals surface area contributed by atoms with Gasteiger partial charge in [0.05, 0.1) is 11.4 Å². The molecule has 0 aromatic heterocycles. The lowest BCUT2D eigenvalue weighted by Crippen LogP contribution is -2.23. The predicted octanol–water partition coefficient (Wildman–Crippen LogP) is 1.14. The Balaban J connectivity index is 2.05. The van der Waals surface area contributed by atoms with Gasteiger partial charge in [0, 0.05) is 0 Å². The Labute approximate surface area is 119 Å². The van der Waals surface area contributed by atoms with Crippen molar-refractivity contribution in [1.29, 1.82) is 0 Å². The Kier molecular flexibility index (Phi) is 4.54. The lowest BCUT2D eigenvalue weighted by atomic mass is 10.2. The summed E-state index contributed by atoms with van der Waals surface area (Å²) >= 11 is 0.858. The standard InChI is InChI=1S/C13H12N2O4S/c1-14-7-11(16)19-9-4-2-8(3-5-9)6-10-12(17)15-13(18)20-10/h2-6,14H,7H2,1H3,(H,15,17,18)/b10-6-. The highest BCUT2D eigenvalue weighted by Gasteiger charge is 2.24. The molecule has 20 heavy (non-hydrogen) atoms. The molecule has 0 aliphatic carbocycles. The fraction of sp³-hybridized carbons (Fsp3) is 0.154. The van der Waals surface area contributed by atoms with Gasteiger partial charge in [-0.25, -0.2) is 0 Å². The van der Waals surface area contributed by atoms with Crippen LogP contribution in [0.4, 0.5) is 4.79 Å². The van der Waals surface area contributed by atoms with Gasteiger partial charge < -0.3 is 10.1 Å². The number of hydrogen-bond donors (Lipinski definition) is 2. The second kappa shape index (κ2) is 6.36. The van der Waals surface area contributed by atoms with E-state index in [1.54, 1.807) is 37.4 Å². The number of rotatable bonds is 4. The first-order chi connectivity index (χ1) is 9.58. The van der Waals surface area contributed by atoms with Crippen molar-refractivity contribution in [3.63, 3.8) is 0 Å². The molecule has 2 rings (SSSR count). The van der Waals surface area contributed by atoms with E-state index in [1.165, 1.54) is 0 Å². The van der Waals surface area contributed by atoms with Gasteiger partial charge in [-0.15, -0.1) is 0 Å². The zero-order valence-corrected chi connectivity index (χ0v) is 11.5. The van der Waals surface area contributed by atoms with Crippen molar-refractivity contribution >= 4 is 35.0 Å². The summed E-state index contributed by atoms with van der Waals surface area (Å²) in [6.45, 7) is 0.130. The zero-order chi connectivity index (χ0) is 14.5. The Morgan fingerprint density at radius 1 is 1.35 bits per heavy atom. The summed E-state index contributed by atoms with van der Waals surface area (Å²) in [5.74, 6) is -0.355. The third-order valence-corrected chi connectivity index (χ3v) is 3.18. The topological polar surface area (TPSA) is 84.5 Å². The van der Waals surface area contributed by atoms with Gasteiger partial charge >= 0.3 is 5.97 Å². The van der Waals surface area contributed by atoms with E-state index >= 15 is 0 Å². The highest BCUT2D eigenvalue weighted by Crippen LogP contribution is 2.26. The quantitative estimate of drug-likeness (QED) is 0.492. The molecular formula is C13H12N2O4S. The number of ether oxygens (including phenoxy) is 1. The molecule has 0 atom stereocenters. The minimum atomic E-state index is -0.399. The van der Waals surface area contributed by atoms with E-state index in [1.807, 2.05) is 0 Å². The Morgan fingerprint density at radius 3 is 2.60 bits per heavy atom. The number of benzene rings is 1. The zero-order valence-electron chi connectivity index (χ0n) is 10.6. The van der Waals surface area contributed by atoms with Gasteiger partial charge in [0.1, 0.15) is 5.75 Å². The molecule has 1 aromatic rings. The number of hydrogen-bond acceptors (Lipinski definition) is 6. The number of carbonyl (C=O) groups excluding carboxylic acids is 3. The van der Waals surface area contributed by atoms with Gasteiger partial charge in [-0.2, -0.15) is 0 Å². The second-order valence-electron chi connectivity index (χ2n) is 3.93. The van der Waals surface area contributed by atoms with Crippen LogP contribution in [0.5, 0.6) is 5.75 Å². The van der Waals surface area contributed by atoms with Gasteiger partial charge in [0.15, 0.2) is 0 Å². The van der Waals surface area contributed by atoms with E-state index in [0.29, 0.717) is 10.7 Å². The average molecular weight is 292 g/mol. The smallest absolute Gasteiger partial charge is 0.325 e. The van der Waals surface area contributed by atoms with Gasteiger partial charge in [0.2, 0.25) is 0 Å². The third kappa shape index (κ3) is 3.69. The Bertz CT molecular complexity index is 581. The van der Waals surface area contributed by atoms with Crippen molar-refractivity contribution in [2.75, 3.05) is 13.6 Å². The maximum absolute atomic E-state index is 11.4. The predicted molar refractivity (Wildman–Crippen MR) is 75.1 cm³/mol. The number of nitrogens with one attached hydrogen (secondary N) is 2. The molecule has 0 unspecified atom stereocenters. The van der Waals surface area contributed by atoms with Crippen LogP contribution in [-0.4, -0.2) is 30.7 Å². The maximum atomic E-state index is 11.4. The molecule has 1 fully saturated rings. The first-order valence-electron chi connectivity index (χ1n) is 5.78. The normalized spacial score (nSPS) is 16.4. The van der Waals surface area contributed by atoms with Crippen molar-refractivity contribution in [2.24, 2.45) is 0 Å². The number of amides is 2. The lowest BCUT2D eigenvalue weighted by molar-refractivity contribution is -0.133. The van der Waals surface area contributed by atoms with Gasteiger partial charge in [-0.1, -0.05) is 12.1 Å². The highest BCUT2D eigenvalue weighted by atomic mass is 32.2. The largest absolute Gasteiger partial charge is 0.426 e. The minimum Gasteiger partial charge on any atom is -0.426 e. The van der Waals surface area contributed by atoms with E-state index in [0.717, 1.165) is 17.3 Å². The van der Waals surface area contributed by atoms with Gasteiger partial charge in [-0.3, -0.25) is 19.7 Å². The molecule has 1 aromatic carbocycles. The fourth-order valence-corrected chi connectivity index (χ4v) is 2.20. The van der Waals surface area contributed by atoms with Crippen molar-refractivity contribution in [3.05, 3.63) is 34.7 Å². The summed E-state index contributed by atoms with van der Waals surface area (Å²) in [7, 11) is 1.65. The molecule has 1 aliphatic rings. The number of thioether (sulfide) groups is 1. The summed E-state index contributed by atoms with van der Waals surface area (Å²) in [4.78, 5) is 34.0. The van der Waals surface area contributed by atoms with Crippen molar-refractivity contribution in [3.8, 4) is 5.75 Å². The summed E-state index contributed by atoms with van der Waals surface area (Å²) in [6, 6.07) is 6.65. The molecule has 2 amide bonds. The van der Waals surface area contributed by atoms with Gasteiger partial charge in [0.25, 0.3) is 11.1 Å². The molecular weight excluding hydrogens is 280 g/mol. The molecule has 2 N–H and O–H groups in total. The summed E-state index contributed by atoms with van der Waals surface area (Å²) < 4.78 is 5.06. The lowest BCUT2D eigenvalue weighted by Gasteiger charge is -2.04. The monoisotopic (exact) mass is 292 g/mol. The molecule has 1 heterocycles. The molecule has 104 valence electrons. The van der Waals surface area contributed by atoms with Crippen LogP contribution in [-0.2, 0) is 9.59 Å². The van der Waals surface area contributed by atoms with Crippen LogP contribution in [0.2, 0.25) is 0 Å². The van der Waals surface area contributed by atoms with Crippen LogP contribution < -0.4 is 15.4 Å². The van der Waals surface area contributed by atoms with Crippen LogP contribution in [0.15, 0.2) is 29.2 Å². The second-order valence-corrected chi connectivity index (χ2v) is 4.94. The number of imide groups is 1. The van der Waals surface area contributed by atoms with Crippen molar-refractivity contribution in [2.45, 2.75) is 0 Å². The Morgan fingerprint density at radius 2 is 2.05 bits per heavy atom. The summed E-state index contributed by atoms with van der Waals surface area (Å²) in [6.07, 6.45) is 1.60.